The second kappa shape index (κ2) is 7.84. The molecular formula is C17H18N2O4. The monoisotopic (exact) mass is 314 g/mol. The van der Waals surface area contributed by atoms with Crippen LogP contribution in [-0.4, -0.2) is 32.6 Å². The topological polar surface area (TPSA) is 76.7 Å². The number of carbonyl (C=O) groups excluding carboxylic acids is 2. The van der Waals surface area contributed by atoms with Gasteiger partial charge in [-0.25, -0.2) is 4.79 Å². The molecule has 0 aliphatic carbocycles. The van der Waals surface area contributed by atoms with E-state index < -0.39 is 5.97 Å². The second-order valence-electron chi connectivity index (χ2n) is 4.64. The van der Waals surface area contributed by atoms with Gasteiger partial charge >= 0.3 is 5.97 Å². The van der Waals surface area contributed by atoms with Crippen LogP contribution in [0.15, 0.2) is 48.5 Å². The van der Waals surface area contributed by atoms with Gasteiger partial charge in [0.05, 0.1) is 32.0 Å². The zero-order chi connectivity index (χ0) is 16.7. The molecule has 0 spiro atoms. The minimum absolute atomic E-state index is 0.00601. The fourth-order valence-electron chi connectivity index (χ4n) is 2.04. The van der Waals surface area contributed by atoms with Crippen molar-refractivity contribution in [3.05, 3.63) is 54.1 Å². The molecule has 2 aromatic carbocycles. The molecule has 0 aliphatic heterocycles. The molecule has 6 heteroatoms. The molecule has 2 N–H and O–H groups in total. The van der Waals surface area contributed by atoms with Gasteiger partial charge in [0.1, 0.15) is 5.75 Å². The predicted octanol–water partition coefficient (Wildman–Crippen LogP) is 2.53. The van der Waals surface area contributed by atoms with Gasteiger partial charge in [0.25, 0.3) is 0 Å². The van der Waals surface area contributed by atoms with E-state index in [9.17, 15) is 9.59 Å². The molecule has 0 unspecified atom stereocenters. The highest BCUT2D eigenvalue weighted by atomic mass is 16.5. The lowest BCUT2D eigenvalue weighted by molar-refractivity contribution is -0.114. The highest BCUT2D eigenvalue weighted by Crippen LogP contribution is 2.23. The highest BCUT2D eigenvalue weighted by molar-refractivity contribution is 5.98. The van der Waals surface area contributed by atoms with Gasteiger partial charge in [-0.2, -0.15) is 0 Å². The Morgan fingerprint density at radius 1 is 0.957 bits per heavy atom. The van der Waals surface area contributed by atoms with Crippen LogP contribution < -0.4 is 15.4 Å². The Balaban J connectivity index is 2.01. The molecule has 120 valence electrons. The zero-order valence-electron chi connectivity index (χ0n) is 13.0. The van der Waals surface area contributed by atoms with Crippen molar-refractivity contribution in [1.82, 2.24) is 0 Å². The first-order chi connectivity index (χ1) is 11.2. The van der Waals surface area contributed by atoms with Gasteiger partial charge < -0.3 is 20.1 Å². The van der Waals surface area contributed by atoms with Crippen molar-refractivity contribution in [2.45, 2.75) is 0 Å². The number of rotatable bonds is 6. The van der Waals surface area contributed by atoms with Crippen LogP contribution in [0.4, 0.5) is 11.4 Å². The summed E-state index contributed by atoms with van der Waals surface area (Å²) in [5, 5.41) is 5.68. The Morgan fingerprint density at radius 3 is 2.30 bits per heavy atom. The number of nitrogens with one attached hydrogen (secondary N) is 2. The van der Waals surface area contributed by atoms with Crippen molar-refractivity contribution in [2.24, 2.45) is 0 Å². The van der Waals surface area contributed by atoms with Gasteiger partial charge in [-0.1, -0.05) is 24.3 Å². The van der Waals surface area contributed by atoms with Crippen LogP contribution in [0, 0.1) is 0 Å². The van der Waals surface area contributed by atoms with Gasteiger partial charge in [0.2, 0.25) is 5.91 Å². The fraction of sp³-hybridized carbons (Fsp3) is 0.176. The summed E-state index contributed by atoms with van der Waals surface area (Å²) in [4.78, 5) is 23.7. The number of carbonyl (C=O) groups is 2. The Morgan fingerprint density at radius 2 is 1.61 bits per heavy atom. The number of amides is 1. The minimum atomic E-state index is -0.460. The summed E-state index contributed by atoms with van der Waals surface area (Å²) in [7, 11) is 2.85. The molecule has 0 fully saturated rings. The summed E-state index contributed by atoms with van der Waals surface area (Å²) in [6.07, 6.45) is 0. The lowest BCUT2D eigenvalue weighted by Crippen LogP contribution is -2.23. The van der Waals surface area contributed by atoms with Crippen molar-refractivity contribution in [1.29, 1.82) is 0 Å². The van der Waals surface area contributed by atoms with Crippen molar-refractivity contribution >= 4 is 23.3 Å². The predicted molar refractivity (Wildman–Crippen MR) is 87.9 cm³/mol. The number of benzene rings is 2. The van der Waals surface area contributed by atoms with Gasteiger partial charge in [-0.15, -0.1) is 0 Å². The molecule has 0 radical (unpaired) electrons. The lowest BCUT2D eigenvalue weighted by Gasteiger charge is -2.12. The summed E-state index contributed by atoms with van der Waals surface area (Å²) >= 11 is 0. The first-order valence-corrected chi connectivity index (χ1v) is 6.99. The SMILES string of the molecule is COC(=O)c1ccccc1NCC(=O)Nc1ccccc1OC. The van der Waals surface area contributed by atoms with Gasteiger partial charge in [-0.05, 0) is 24.3 Å². The van der Waals surface area contributed by atoms with Gasteiger partial charge in [0, 0.05) is 5.69 Å². The molecule has 2 aromatic rings. The Hall–Kier alpha value is -3.02. The third-order valence-electron chi connectivity index (χ3n) is 3.15. The first-order valence-electron chi connectivity index (χ1n) is 6.99. The van der Waals surface area contributed by atoms with E-state index >= 15 is 0 Å². The number of methoxy groups -OCH3 is 2. The smallest absolute Gasteiger partial charge is 0.339 e. The van der Waals surface area contributed by atoms with E-state index in [0.717, 1.165) is 0 Å². The van der Waals surface area contributed by atoms with Crippen LogP contribution >= 0.6 is 0 Å². The normalized spacial score (nSPS) is 9.83. The van der Waals surface area contributed by atoms with Crippen LogP contribution in [0.3, 0.4) is 0 Å². The molecule has 2 rings (SSSR count). The molecule has 0 heterocycles. The van der Waals surface area contributed by atoms with Crippen molar-refractivity contribution < 1.29 is 19.1 Å². The van der Waals surface area contributed by atoms with E-state index in [4.69, 9.17) is 9.47 Å². The number of anilines is 2. The maximum absolute atomic E-state index is 12.1. The highest BCUT2D eigenvalue weighted by Gasteiger charge is 2.12. The van der Waals surface area contributed by atoms with Crippen LogP contribution in [0.2, 0.25) is 0 Å². The number of para-hydroxylation sites is 3. The number of ether oxygens (including phenoxy) is 2. The second-order valence-corrected chi connectivity index (χ2v) is 4.64. The van der Waals surface area contributed by atoms with Crippen LogP contribution in [0.25, 0.3) is 0 Å². The molecule has 0 saturated carbocycles. The quantitative estimate of drug-likeness (QED) is 0.801. The molecule has 0 aliphatic rings. The molecule has 1 amide bonds. The first kappa shape index (κ1) is 16.4. The minimum Gasteiger partial charge on any atom is -0.495 e. The molecular weight excluding hydrogens is 296 g/mol. The standard InChI is InChI=1S/C17H18N2O4/c1-22-15-10-6-5-9-14(15)19-16(20)11-18-13-8-4-3-7-12(13)17(21)23-2/h3-10,18H,11H2,1-2H3,(H,19,20). The lowest BCUT2D eigenvalue weighted by atomic mass is 10.2. The Bertz CT molecular complexity index is 700. The Labute approximate surface area is 134 Å². The zero-order valence-corrected chi connectivity index (χ0v) is 13.0. The van der Waals surface area contributed by atoms with E-state index in [1.807, 2.05) is 6.07 Å². The summed E-state index contributed by atoms with van der Waals surface area (Å²) in [6, 6.07) is 14.0. The molecule has 6 nitrogen and oxygen atoms in total. The van der Waals surface area contributed by atoms with E-state index in [-0.39, 0.29) is 12.5 Å². The molecule has 0 aromatic heterocycles. The van der Waals surface area contributed by atoms with Crippen LogP contribution in [0.1, 0.15) is 10.4 Å². The van der Waals surface area contributed by atoms with E-state index in [1.54, 1.807) is 42.5 Å². The summed E-state index contributed by atoms with van der Waals surface area (Å²) in [5.41, 5.74) is 1.50. The van der Waals surface area contributed by atoms with E-state index in [0.29, 0.717) is 22.7 Å². The van der Waals surface area contributed by atoms with Crippen molar-refractivity contribution in [2.75, 3.05) is 31.4 Å². The third kappa shape index (κ3) is 4.23. The summed E-state index contributed by atoms with van der Waals surface area (Å²) in [6.45, 7) is 0.00601. The van der Waals surface area contributed by atoms with Crippen molar-refractivity contribution in [3.63, 3.8) is 0 Å². The third-order valence-corrected chi connectivity index (χ3v) is 3.15. The number of hydrogen-bond acceptors (Lipinski definition) is 5. The largest absolute Gasteiger partial charge is 0.495 e. The maximum atomic E-state index is 12.1. The summed E-state index contributed by atoms with van der Waals surface area (Å²) < 4.78 is 9.89. The molecule has 23 heavy (non-hydrogen) atoms. The average Bonchev–Trinajstić information content (AvgIpc) is 2.60. The number of hydrogen-bond donors (Lipinski definition) is 2. The molecule has 0 bridgehead atoms. The van der Waals surface area contributed by atoms with Gasteiger partial charge in [-0.3, -0.25) is 4.79 Å². The maximum Gasteiger partial charge on any atom is 0.339 e. The number of esters is 1. The van der Waals surface area contributed by atoms with Crippen LogP contribution in [-0.2, 0) is 9.53 Å². The molecule has 0 atom stereocenters. The van der Waals surface area contributed by atoms with E-state index in [1.165, 1.54) is 14.2 Å². The average molecular weight is 314 g/mol. The van der Waals surface area contributed by atoms with Gasteiger partial charge in [0.15, 0.2) is 0 Å². The van der Waals surface area contributed by atoms with E-state index in [2.05, 4.69) is 10.6 Å². The Kier molecular flexibility index (Phi) is 5.57. The fourth-order valence-corrected chi connectivity index (χ4v) is 2.04. The summed E-state index contributed by atoms with van der Waals surface area (Å²) in [5.74, 6) is -0.136. The van der Waals surface area contributed by atoms with Crippen molar-refractivity contribution in [3.8, 4) is 5.75 Å². The van der Waals surface area contributed by atoms with Crippen LogP contribution in [0.5, 0.6) is 5.75 Å². The molecule has 0 saturated heterocycles.